The highest BCUT2D eigenvalue weighted by atomic mass is 16.5. The lowest BCUT2D eigenvalue weighted by atomic mass is 10.0. The van der Waals surface area contributed by atoms with Gasteiger partial charge in [0.25, 0.3) is 0 Å². The quantitative estimate of drug-likeness (QED) is 0.775. The average Bonchev–Trinajstić information content (AvgIpc) is 3.15. The van der Waals surface area contributed by atoms with Crippen molar-refractivity contribution in [1.82, 2.24) is 19.9 Å². The van der Waals surface area contributed by atoms with E-state index >= 15 is 0 Å². The Kier molecular flexibility index (Phi) is 4.35. The minimum Gasteiger partial charge on any atom is -0.493 e. The second kappa shape index (κ2) is 6.94. The largest absolute Gasteiger partial charge is 0.493 e. The van der Waals surface area contributed by atoms with E-state index in [1.165, 1.54) is 5.56 Å². The Hall–Kier alpha value is -2.86. The van der Waals surface area contributed by atoms with E-state index < -0.39 is 0 Å². The van der Waals surface area contributed by atoms with E-state index in [0.717, 1.165) is 30.2 Å². The van der Waals surface area contributed by atoms with Gasteiger partial charge in [-0.3, -0.25) is 4.57 Å². The van der Waals surface area contributed by atoms with Gasteiger partial charge in [-0.15, -0.1) is 0 Å². The van der Waals surface area contributed by atoms with Crippen LogP contribution >= 0.6 is 0 Å². The summed E-state index contributed by atoms with van der Waals surface area (Å²) in [6.45, 7) is 1.34. The summed E-state index contributed by atoms with van der Waals surface area (Å²) < 4.78 is 13.3. The number of fused-ring (bicyclic) bond motifs is 1. The van der Waals surface area contributed by atoms with Crippen LogP contribution in [0.4, 0.5) is 0 Å². The number of hydrogen-bond donors (Lipinski definition) is 1. The van der Waals surface area contributed by atoms with Gasteiger partial charge in [-0.2, -0.15) is 0 Å². The molecule has 3 aromatic rings. The van der Waals surface area contributed by atoms with Crippen molar-refractivity contribution < 1.29 is 9.47 Å². The Morgan fingerprint density at radius 1 is 1.20 bits per heavy atom. The van der Waals surface area contributed by atoms with Crippen molar-refractivity contribution >= 4 is 0 Å². The fraction of sp³-hybridized carbons (Fsp3) is 0.263. The topological polar surface area (TPSA) is 61.2 Å². The van der Waals surface area contributed by atoms with Gasteiger partial charge in [0, 0.05) is 36.9 Å². The van der Waals surface area contributed by atoms with Gasteiger partial charge in [0.1, 0.15) is 6.61 Å². The molecule has 1 aliphatic rings. The zero-order valence-corrected chi connectivity index (χ0v) is 14.1. The number of ether oxygens (including phenoxy) is 2. The van der Waals surface area contributed by atoms with Crippen molar-refractivity contribution in [3.8, 4) is 17.4 Å². The number of hydrogen-bond acceptors (Lipinski definition) is 5. The lowest BCUT2D eigenvalue weighted by Crippen LogP contribution is -2.39. The third-order valence-corrected chi connectivity index (χ3v) is 4.35. The summed E-state index contributed by atoms with van der Waals surface area (Å²) in [6, 6.07) is 12.2. The summed E-state index contributed by atoms with van der Waals surface area (Å²) in [4.78, 5) is 8.62. The standard InChI is InChI=1S/C19H20N4O2/c1-24-17-7-2-5-14-11-15(13-25-18(14)17)22-12-16-6-3-10-23(16)19-20-8-4-9-21-19/h2-10,15,22H,11-13H2,1H3/t15-/m0/s1. The lowest BCUT2D eigenvalue weighted by molar-refractivity contribution is 0.226. The van der Waals surface area contributed by atoms with E-state index in [0.29, 0.717) is 12.6 Å². The molecule has 0 saturated carbocycles. The van der Waals surface area contributed by atoms with Crippen LogP contribution in [0.5, 0.6) is 11.5 Å². The minimum atomic E-state index is 0.250. The maximum atomic E-state index is 5.92. The third-order valence-electron chi connectivity index (χ3n) is 4.35. The van der Waals surface area contributed by atoms with Crippen molar-refractivity contribution in [2.45, 2.75) is 19.0 Å². The number of rotatable bonds is 5. The first-order valence-corrected chi connectivity index (χ1v) is 8.31. The first-order chi connectivity index (χ1) is 12.3. The maximum Gasteiger partial charge on any atom is 0.233 e. The molecule has 0 bridgehead atoms. The lowest BCUT2D eigenvalue weighted by Gasteiger charge is -2.27. The molecule has 1 atom stereocenters. The molecule has 0 spiro atoms. The molecule has 2 aromatic heterocycles. The molecule has 0 saturated heterocycles. The van der Waals surface area contributed by atoms with E-state index in [-0.39, 0.29) is 6.04 Å². The van der Waals surface area contributed by atoms with Gasteiger partial charge in [-0.1, -0.05) is 12.1 Å². The number of para-hydroxylation sites is 1. The Morgan fingerprint density at radius 3 is 2.92 bits per heavy atom. The normalized spacial score (nSPS) is 16.1. The fourth-order valence-corrected chi connectivity index (χ4v) is 3.11. The van der Waals surface area contributed by atoms with Gasteiger partial charge in [0.05, 0.1) is 7.11 Å². The van der Waals surface area contributed by atoms with Crippen LogP contribution in [0, 0.1) is 0 Å². The molecule has 0 aliphatic carbocycles. The van der Waals surface area contributed by atoms with E-state index in [9.17, 15) is 0 Å². The van der Waals surface area contributed by atoms with E-state index in [1.54, 1.807) is 19.5 Å². The summed E-state index contributed by atoms with van der Waals surface area (Å²) in [5.74, 6) is 2.34. The zero-order chi connectivity index (χ0) is 17.1. The summed E-state index contributed by atoms with van der Waals surface area (Å²) >= 11 is 0. The summed E-state index contributed by atoms with van der Waals surface area (Å²) in [7, 11) is 1.67. The molecule has 0 amide bonds. The fourth-order valence-electron chi connectivity index (χ4n) is 3.11. The molecule has 0 unspecified atom stereocenters. The summed E-state index contributed by atoms with van der Waals surface area (Å²) in [6.07, 6.45) is 6.39. The molecule has 0 radical (unpaired) electrons. The van der Waals surface area contributed by atoms with Gasteiger partial charge in [0.15, 0.2) is 11.5 Å². The average molecular weight is 336 g/mol. The van der Waals surface area contributed by atoms with Crippen LogP contribution in [0.2, 0.25) is 0 Å². The van der Waals surface area contributed by atoms with E-state index in [2.05, 4.69) is 27.4 Å². The highest BCUT2D eigenvalue weighted by Crippen LogP contribution is 2.34. The minimum absolute atomic E-state index is 0.250. The summed E-state index contributed by atoms with van der Waals surface area (Å²) in [5.41, 5.74) is 2.28. The number of nitrogens with one attached hydrogen (secondary N) is 1. The van der Waals surface area contributed by atoms with Gasteiger partial charge in [-0.25, -0.2) is 9.97 Å². The highest BCUT2D eigenvalue weighted by Gasteiger charge is 2.22. The first kappa shape index (κ1) is 15.7. The third kappa shape index (κ3) is 3.21. The smallest absolute Gasteiger partial charge is 0.233 e. The predicted octanol–water partition coefficient (Wildman–Crippen LogP) is 2.37. The number of nitrogens with zero attached hydrogens (tertiary/aromatic N) is 3. The molecule has 3 heterocycles. The zero-order valence-electron chi connectivity index (χ0n) is 14.1. The van der Waals surface area contributed by atoms with Crippen molar-refractivity contribution in [2.75, 3.05) is 13.7 Å². The van der Waals surface area contributed by atoms with Crippen molar-refractivity contribution in [3.05, 3.63) is 66.2 Å². The molecule has 6 nitrogen and oxygen atoms in total. The van der Waals surface area contributed by atoms with E-state index in [4.69, 9.17) is 9.47 Å². The van der Waals surface area contributed by atoms with Crippen molar-refractivity contribution in [3.63, 3.8) is 0 Å². The van der Waals surface area contributed by atoms with Crippen molar-refractivity contribution in [2.24, 2.45) is 0 Å². The van der Waals surface area contributed by atoms with Crippen LogP contribution in [-0.4, -0.2) is 34.3 Å². The number of methoxy groups -OCH3 is 1. The Morgan fingerprint density at radius 2 is 2.08 bits per heavy atom. The molecule has 1 aromatic carbocycles. The van der Waals surface area contributed by atoms with Gasteiger partial charge < -0.3 is 14.8 Å². The molecule has 128 valence electrons. The SMILES string of the molecule is COc1cccc2c1OC[C@@H](NCc1cccn1-c1ncccn1)C2. The molecule has 1 N–H and O–H groups in total. The van der Waals surface area contributed by atoms with Crippen LogP contribution in [-0.2, 0) is 13.0 Å². The monoisotopic (exact) mass is 336 g/mol. The molecule has 0 fully saturated rings. The molecular formula is C19H20N4O2. The predicted molar refractivity (Wildman–Crippen MR) is 94.2 cm³/mol. The van der Waals surface area contributed by atoms with Gasteiger partial charge in [0.2, 0.25) is 5.95 Å². The van der Waals surface area contributed by atoms with Crippen LogP contribution < -0.4 is 14.8 Å². The Labute approximate surface area is 146 Å². The molecule has 6 heteroatoms. The second-order valence-electron chi connectivity index (χ2n) is 5.96. The Balaban J connectivity index is 1.44. The Bertz CT molecular complexity index is 848. The van der Waals surface area contributed by atoms with E-state index in [1.807, 2.05) is 35.0 Å². The highest BCUT2D eigenvalue weighted by molar-refractivity contribution is 5.48. The van der Waals surface area contributed by atoms with Gasteiger partial charge in [-0.05, 0) is 36.2 Å². The van der Waals surface area contributed by atoms with Crippen LogP contribution in [0.1, 0.15) is 11.3 Å². The molecule has 4 rings (SSSR count). The first-order valence-electron chi connectivity index (χ1n) is 8.31. The number of aromatic nitrogens is 3. The van der Waals surface area contributed by atoms with Crippen LogP contribution in [0.25, 0.3) is 5.95 Å². The van der Waals surface area contributed by atoms with Crippen molar-refractivity contribution in [1.29, 1.82) is 0 Å². The summed E-state index contributed by atoms with van der Waals surface area (Å²) in [5, 5.41) is 3.57. The maximum absolute atomic E-state index is 5.92. The van der Waals surface area contributed by atoms with Crippen LogP contribution in [0.15, 0.2) is 55.0 Å². The molecule has 1 aliphatic heterocycles. The number of benzene rings is 1. The van der Waals surface area contributed by atoms with Gasteiger partial charge >= 0.3 is 0 Å². The molecular weight excluding hydrogens is 316 g/mol. The molecule has 25 heavy (non-hydrogen) atoms. The van der Waals surface area contributed by atoms with Crippen LogP contribution in [0.3, 0.4) is 0 Å². The second-order valence-corrected chi connectivity index (χ2v) is 5.96.